The van der Waals surface area contributed by atoms with Gasteiger partial charge in [-0.25, -0.2) is 0 Å². The first-order chi connectivity index (χ1) is 11.5. The smallest absolute Gasteiger partial charge is 0.251 e. The summed E-state index contributed by atoms with van der Waals surface area (Å²) in [6, 6.07) is 15.0. The van der Waals surface area contributed by atoms with Crippen molar-refractivity contribution in [1.29, 1.82) is 0 Å². The lowest BCUT2D eigenvalue weighted by atomic mass is 10.1. The third-order valence-corrected chi connectivity index (χ3v) is 3.65. The van der Waals surface area contributed by atoms with Crippen LogP contribution in [0.2, 0.25) is 0 Å². The summed E-state index contributed by atoms with van der Waals surface area (Å²) in [5, 5.41) is 3.00. The zero-order chi connectivity index (χ0) is 17.5. The zero-order valence-electron chi connectivity index (χ0n) is 14.7. The Hall–Kier alpha value is -2.49. The number of rotatable bonds is 7. The van der Waals surface area contributed by atoms with Crippen LogP contribution in [-0.4, -0.2) is 19.6 Å². The highest BCUT2D eigenvalue weighted by Gasteiger charge is 2.14. The number of hydrogen-bond acceptors (Lipinski definition) is 3. The van der Waals surface area contributed by atoms with Crippen molar-refractivity contribution in [3.8, 4) is 11.5 Å². The fraction of sp³-hybridized carbons (Fsp3) is 0.350. The van der Waals surface area contributed by atoms with E-state index in [-0.39, 0.29) is 11.9 Å². The van der Waals surface area contributed by atoms with Gasteiger partial charge in [0, 0.05) is 5.56 Å². The maximum Gasteiger partial charge on any atom is 0.251 e. The lowest BCUT2D eigenvalue weighted by Crippen LogP contribution is -2.26. The maximum absolute atomic E-state index is 12.5. The molecule has 1 unspecified atom stereocenters. The van der Waals surface area contributed by atoms with E-state index in [0.29, 0.717) is 29.6 Å². The largest absolute Gasteiger partial charge is 0.493 e. The van der Waals surface area contributed by atoms with E-state index in [1.807, 2.05) is 37.3 Å². The third kappa shape index (κ3) is 4.75. The van der Waals surface area contributed by atoms with Crippen LogP contribution in [0.1, 0.15) is 42.7 Å². The summed E-state index contributed by atoms with van der Waals surface area (Å²) in [6.45, 7) is 6.73. The summed E-state index contributed by atoms with van der Waals surface area (Å²) in [5.41, 5.74) is 1.61. The van der Waals surface area contributed by atoms with Crippen LogP contribution in [-0.2, 0) is 0 Å². The molecular weight excluding hydrogens is 302 g/mol. The molecule has 2 rings (SSSR count). The number of amides is 1. The second kappa shape index (κ2) is 8.39. The van der Waals surface area contributed by atoms with Crippen LogP contribution in [0.4, 0.5) is 0 Å². The number of carbonyl (C=O) groups is 1. The van der Waals surface area contributed by atoms with E-state index in [1.54, 1.807) is 25.3 Å². The molecule has 2 aromatic rings. The minimum Gasteiger partial charge on any atom is -0.493 e. The van der Waals surface area contributed by atoms with E-state index in [9.17, 15) is 4.79 Å². The monoisotopic (exact) mass is 327 g/mol. The van der Waals surface area contributed by atoms with Gasteiger partial charge in [-0.15, -0.1) is 0 Å². The first-order valence-corrected chi connectivity index (χ1v) is 8.18. The van der Waals surface area contributed by atoms with Crippen molar-refractivity contribution >= 4 is 5.91 Å². The normalized spacial score (nSPS) is 11.9. The Labute approximate surface area is 143 Å². The highest BCUT2D eigenvalue weighted by Crippen LogP contribution is 2.28. The molecule has 0 heterocycles. The van der Waals surface area contributed by atoms with Gasteiger partial charge in [-0.2, -0.15) is 0 Å². The summed E-state index contributed by atoms with van der Waals surface area (Å²) in [6.07, 6.45) is 0. The molecule has 1 atom stereocenters. The summed E-state index contributed by atoms with van der Waals surface area (Å²) in [5.74, 6) is 1.50. The standard InChI is InChI=1S/C20H25NO3/c1-14(2)13-24-18-11-10-17(12-19(18)23-4)20(22)21-15(3)16-8-6-5-7-9-16/h5-12,14-15H,13H2,1-4H3,(H,21,22). The van der Waals surface area contributed by atoms with Crippen LogP contribution in [0, 0.1) is 5.92 Å². The second-order valence-electron chi connectivity index (χ2n) is 6.18. The van der Waals surface area contributed by atoms with E-state index in [1.165, 1.54) is 0 Å². The minimum absolute atomic E-state index is 0.0680. The van der Waals surface area contributed by atoms with Gasteiger partial charge in [0.15, 0.2) is 11.5 Å². The zero-order valence-corrected chi connectivity index (χ0v) is 14.7. The van der Waals surface area contributed by atoms with E-state index >= 15 is 0 Å². The summed E-state index contributed by atoms with van der Waals surface area (Å²) >= 11 is 0. The molecule has 1 N–H and O–H groups in total. The number of carbonyl (C=O) groups excluding carboxylic acids is 1. The van der Waals surface area contributed by atoms with Crippen LogP contribution >= 0.6 is 0 Å². The van der Waals surface area contributed by atoms with Gasteiger partial charge in [0.2, 0.25) is 0 Å². The average Bonchev–Trinajstić information content (AvgIpc) is 2.60. The molecular formula is C20H25NO3. The van der Waals surface area contributed by atoms with Gasteiger partial charge in [-0.3, -0.25) is 4.79 Å². The number of hydrogen-bond donors (Lipinski definition) is 1. The molecule has 128 valence electrons. The van der Waals surface area contributed by atoms with E-state index < -0.39 is 0 Å². The molecule has 2 aromatic carbocycles. The first-order valence-electron chi connectivity index (χ1n) is 8.18. The van der Waals surface area contributed by atoms with E-state index in [0.717, 1.165) is 5.56 Å². The molecule has 0 aliphatic rings. The minimum atomic E-state index is -0.139. The number of ether oxygens (including phenoxy) is 2. The van der Waals surface area contributed by atoms with E-state index in [2.05, 4.69) is 19.2 Å². The van der Waals surface area contributed by atoms with Crippen LogP contribution in [0.15, 0.2) is 48.5 Å². The SMILES string of the molecule is COc1cc(C(=O)NC(C)c2ccccc2)ccc1OCC(C)C. The van der Waals surface area contributed by atoms with Crippen LogP contribution in [0.5, 0.6) is 11.5 Å². The molecule has 0 radical (unpaired) electrons. The molecule has 0 saturated carbocycles. The predicted octanol–water partition coefficient (Wildman–Crippen LogP) is 4.22. The maximum atomic E-state index is 12.5. The Bertz CT molecular complexity index is 668. The molecule has 0 bridgehead atoms. The van der Waals surface area contributed by atoms with E-state index in [4.69, 9.17) is 9.47 Å². The Morgan fingerprint density at radius 2 is 1.75 bits per heavy atom. The first kappa shape index (κ1) is 17.9. The molecule has 0 fully saturated rings. The molecule has 0 aliphatic carbocycles. The topological polar surface area (TPSA) is 47.6 Å². The van der Waals surface area contributed by atoms with Crippen LogP contribution < -0.4 is 14.8 Å². The van der Waals surface area contributed by atoms with Crippen molar-refractivity contribution in [2.75, 3.05) is 13.7 Å². The van der Waals surface area contributed by atoms with Crippen molar-refractivity contribution in [1.82, 2.24) is 5.32 Å². The molecule has 0 saturated heterocycles. The summed E-state index contributed by atoms with van der Waals surface area (Å²) in [4.78, 5) is 12.5. The summed E-state index contributed by atoms with van der Waals surface area (Å²) < 4.78 is 11.1. The molecule has 0 aliphatic heterocycles. The Kier molecular flexibility index (Phi) is 6.24. The molecule has 0 aromatic heterocycles. The quantitative estimate of drug-likeness (QED) is 0.828. The highest BCUT2D eigenvalue weighted by atomic mass is 16.5. The Morgan fingerprint density at radius 3 is 2.38 bits per heavy atom. The fourth-order valence-electron chi connectivity index (χ4n) is 2.29. The van der Waals surface area contributed by atoms with Crippen molar-refractivity contribution in [3.05, 3.63) is 59.7 Å². The van der Waals surface area contributed by atoms with Gasteiger partial charge in [0.1, 0.15) is 0 Å². The lowest BCUT2D eigenvalue weighted by Gasteiger charge is -2.16. The fourth-order valence-corrected chi connectivity index (χ4v) is 2.29. The molecule has 1 amide bonds. The van der Waals surface area contributed by atoms with Crippen molar-refractivity contribution in [2.45, 2.75) is 26.8 Å². The molecule has 4 heteroatoms. The van der Waals surface area contributed by atoms with Gasteiger partial charge in [0.25, 0.3) is 5.91 Å². The molecule has 0 spiro atoms. The van der Waals surface area contributed by atoms with Gasteiger partial charge in [-0.05, 0) is 36.6 Å². The van der Waals surface area contributed by atoms with Crippen molar-refractivity contribution < 1.29 is 14.3 Å². The predicted molar refractivity (Wildman–Crippen MR) is 95.7 cm³/mol. The molecule has 24 heavy (non-hydrogen) atoms. The number of benzene rings is 2. The highest BCUT2D eigenvalue weighted by molar-refractivity contribution is 5.95. The third-order valence-electron chi connectivity index (χ3n) is 3.65. The van der Waals surface area contributed by atoms with Crippen LogP contribution in [0.25, 0.3) is 0 Å². The van der Waals surface area contributed by atoms with Gasteiger partial charge in [0.05, 0.1) is 19.8 Å². The van der Waals surface area contributed by atoms with Crippen LogP contribution in [0.3, 0.4) is 0 Å². The van der Waals surface area contributed by atoms with Gasteiger partial charge in [-0.1, -0.05) is 44.2 Å². The van der Waals surface area contributed by atoms with Crippen molar-refractivity contribution in [2.24, 2.45) is 5.92 Å². The Morgan fingerprint density at radius 1 is 1.04 bits per heavy atom. The van der Waals surface area contributed by atoms with Crippen molar-refractivity contribution in [3.63, 3.8) is 0 Å². The van der Waals surface area contributed by atoms with Gasteiger partial charge >= 0.3 is 0 Å². The molecule has 4 nitrogen and oxygen atoms in total. The van der Waals surface area contributed by atoms with Gasteiger partial charge < -0.3 is 14.8 Å². The Balaban J connectivity index is 2.09. The average molecular weight is 327 g/mol. The second-order valence-corrected chi connectivity index (χ2v) is 6.18. The number of methoxy groups -OCH3 is 1. The number of nitrogens with one attached hydrogen (secondary N) is 1. The summed E-state index contributed by atoms with van der Waals surface area (Å²) in [7, 11) is 1.58. The lowest BCUT2D eigenvalue weighted by molar-refractivity contribution is 0.0939.